The van der Waals surface area contributed by atoms with Gasteiger partial charge in [-0.15, -0.1) is 6.58 Å². The standard InChI is InChI=1S/C42H52N6O8S/c1-6-26-24-42(26,40(52)46-57(53,54)29-14-15-29)45-38(50)35-21-28(25-48(35)39(51)31(41(2,3)4)22-37(49)47-18-10-7-11-19-47)56-36-23-34(32-12-8-9-17-43-32)44-33-20-27(55-5)13-16-30(33)36/h6,8-9,12-13,16-17,20,23,26,28-29,31,35H,1,7,10-11,14-15,18-19,21-22,24-25H2,2-5H3,(H,45,50)(H,46,52)/t26-,28-,31-,35+,42-/m1/s1. The Balaban J connectivity index is 1.21. The van der Waals surface area contributed by atoms with Crippen molar-refractivity contribution in [1.29, 1.82) is 0 Å². The molecule has 0 bridgehead atoms. The molecule has 7 rings (SSSR count). The van der Waals surface area contributed by atoms with Gasteiger partial charge in [0, 0.05) is 55.6 Å². The van der Waals surface area contributed by atoms with Crippen LogP contribution in [0.25, 0.3) is 22.3 Å². The lowest BCUT2D eigenvalue weighted by Gasteiger charge is -2.36. The first kappa shape index (κ1) is 40.2. The number of nitrogens with one attached hydrogen (secondary N) is 2. The zero-order valence-corrected chi connectivity index (χ0v) is 33.8. The van der Waals surface area contributed by atoms with Crippen molar-refractivity contribution >= 4 is 44.6 Å². The van der Waals surface area contributed by atoms with Crippen molar-refractivity contribution in [3.05, 3.63) is 61.3 Å². The van der Waals surface area contributed by atoms with Crippen LogP contribution >= 0.6 is 0 Å². The zero-order valence-electron chi connectivity index (χ0n) is 33.0. The number of carbonyl (C=O) groups excluding carboxylic acids is 4. The number of hydrogen-bond donors (Lipinski definition) is 2. The van der Waals surface area contributed by atoms with Crippen molar-refractivity contribution < 1.29 is 37.1 Å². The highest BCUT2D eigenvalue weighted by Crippen LogP contribution is 2.46. The number of methoxy groups -OCH3 is 1. The number of pyridine rings is 2. The number of aromatic nitrogens is 2. The third-order valence-corrected chi connectivity index (χ3v) is 13.5. The van der Waals surface area contributed by atoms with Gasteiger partial charge in [0.1, 0.15) is 29.2 Å². The highest BCUT2D eigenvalue weighted by Gasteiger charge is 2.62. The van der Waals surface area contributed by atoms with E-state index in [0.29, 0.717) is 59.7 Å². The van der Waals surface area contributed by atoms with Crippen LogP contribution in [0.15, 0.2) is 61.3 Å². The van der Waals surface area contributed by atoms with Gasteiger partial charge in [-0.3, -0.25) is 28.9 Å². The van der Waals surface area contributed by atoms with Gasteiger partial charge in [0.15, 0.2) is 0 Å². The molecule has 3 aromatic rings. The van der Waals surface area contributed by atoms with Crippen molar-refractivity contribution in [2.75, 3.05) is 26.7 Å². The summed E-state index contributed by atoms with van der Waals surface area (Å²) in [7, 11) is -2.33. The Hall–Kier alpha value is -5.05. The van der Waals surface area contributed by atoms with Crippen molar-refractivity contribution in [3.63, 3.8) is 0 Å². The van der Waals surface area contributed by atoms with Crippen LogP contribution in [0.2, 0.25) is 0 Å². The number of benzene rings is 1. The minimum absolute atomic E-state index is 0.0143. The molecule has 0 unspecified atom stereocenters. The predicted molar refractivity (Wildman–Crippen MR) is 213 cm³/mol. The van der Waals surface area contributed by atoms with E-state index in [1.165, 1.54) is 11.0 Å². The fraction of sp³-hybridized carbons (Fsp3) is 0.524. The smallest absolute Gasteiger partial charge is 0.259 e. The molecule has 4 amide bonds. The summed E-state index contributed by atoms with van der Waals surface area (Å²) in [5, 5.41) is 2.90. The van der Waals surface area contributed by atoms with Gasteiger partial charge in [-0.25, -0.2) is 13.4 Å². The van der Waals surface area contributed by atoms with E-state index >= 15 is 0 Å². The maximum Gasteiger partial charge on any atom is 0.259 e. The minimum atomic E-state index is -3.90. The molecular formula is C42H52N6O8S. The largest absolute Gasteiger partial charge is 0.497 e. The Morgan fingerprint density at radius 2 is 1.81 bits per heavy atom. The Bertz CT molecular complexity index is 2170. The predicted octanol–water partition coefficient (Wildman–Crippen LogP) is 4.39. The summed E-state index contributed by atoms with van der Waals surface area (Å²) in [5.74, 6) is -2.13. The van der Waals surface area contributed by atoms with Gasteiger partial charge in [0.25, 0.3) is 5.91 Å². The number of likely N-dealkylation sites (tertiary alicyclic amines) is 2. The summed E-state index contributed by atoms with van der Waals surface area (Å²) in [6, 6.07) is 11.6. The molecule has 2 aromatic heterocycles. The molecule has 2 aliphatic carbocycles. The van der Waals surface area contributed by atoms with Gasteiger partial charge in [-0.1, -0.05) is 32.9 Å². The summed E-state index contributed by atoms with van der Waals surface area (Å²) in [6.07, 6.45) is 6.51. The molecular weight excluding hydrogens is 749 g/mol. The minimum Gasteiger partial charge on any atom is -0.497 e. The summed E-state index contributed by atoms with van der Waals surface area (Å²) >= 11 is 0. The van der Waals surface area contributed by atoms with Crippen LogP contribution in [0, 0.1) is 17.3 Å². The molecule has 2 aliphatic heterocycles. The van der Waals surface area contributed by atoms with Crippen LogP contribution in [0.5, 0.6) is 11.5 Å². The normalized spacial score (nSPS) is 24.0. The number of sulfonamides is 1. The average molecular weight is 801 g/mol. The lowest BCUT2D eigenvalue weighted by molar-refractivity contribution is -0.148. The van der Waals surface area contributed by atoms with Gasteiger partial charge in [0.05, 0.1) is 41.7 Å². The number of carbonyl (C=O) groups is 4. The van der Waals surface area contributed by atoms with Crippen LogP contribution in [-0.4, -0.2) is 101 Å². The zero-order chi connectivity index (χ0) is 40.7. The second kappa shape index (κ2) is 15.7. The number of fused-ring (bicyclic) bond motifs is 1. The van der Waals surface area contributed by atoms with Crippen molar-refractivity contribution in [3.8, 4) is 22.9 Å². The highest BCUT2D eigenvalue weighted by molar-refractivity contribution is 7.91. The van der Waals surface area contributed by atoms with E-state index in [2.05, 4.69) is 21.6 Å². The summed E-state index contributed by atoms with van der Waals surface area (Å²) in [4.78, 5) is 69.3. The lowest BCUT2D eigenvalue weighted by atomic mass is 9.77. The molecule has 4 fully saturated rings. The molecule has 2 saturated carbocycles. The van der Waals surface area contributed by atoms with Crippen molar-refractivity contribution in [2.24, 2.45) is 17.3 Å². The van der Waals surface area contributed by atoms with Gasteiger partial charge in [-0.05, 0) is 68.2 Å². The maximum atomic E-state index is 14.9. The number of hydrogen-bond acceptors (Lipinski definition) is 10. The lowest BCUT2D eigenvalue weighted by Crippen LogP contribution is -2.57. The number of piperidine rings is 1. The fourth-order valence-electron chi connectivity index (χ4n) is 8.03. The average Bonchev–Trinajstić information content (AvgIpc) is 4.13. The molecule has 5 atom stereocenters. The van der Waals surface area contributed by atoms with E-state index < -0.39 is 62.0 Å². The molecule has 1 aromatic carbocycles. The monoisotopic (exact) mass is 800 g/mol. The van der Waals surface area contributed by atoms with Crippen molar-refractivity contribution in [2.45, 2.75) is 95.1 Å². The molecule has 0 radical (unpaired) electrons. The number of ether oxygens (including phenoxy) is 2. The number of rotatable bonds is 13. The van der Waals surface area contributed by atoms with Crippen LogP contribution in [0.3, 0.4) is 0 Å². The van der Waals surface area contributed by atoms with Crippen LogP contribution in [0.1, 0.15) is 72.1 Å². The first-order chi connectivity index (χ1) is 27.1. The number of nitrogens with zero attached hydrogens (tertiary/aromatic N) is 4. The molecule has 4 aliphatic rings. The summed E-state index contributed by atoms with van der Waals surface area (Å²) < 4.78 is 40.0. The van der Waals surface area contributed by atoms with Gasteiger partial charge in [0.2, 0.25) is 27.7 Å². The molecule has 15 heteroatoms. The fourth-order valence-corrected chi connectivity index (χ4v) is 9.39. The molecule has 304 valence electrons. The molecule has 14 nitrogen and oxygen atoms in total. The van der Waals surface area contributed by atoms with E-state index in [0.717, 1.165) is 19.3 Å². The molecule has 0 spiro atoms. The molecule has 2 saturated heterocycles. The second-order valence-electron chi connectivity index (χ2n) is 16.8. The van der Waals surface area contributed by atoms with Crippen molar-refractivity contribution in [1.82, 2.24) is 29.8 Å². The summed E-state index contributed by atoms with van der Waals surface area (Å²) in [6.45, 7) is 10.8. The van der Waals surface area contributed by atoms with E-state index in [4.69, 9.17) is 14.5 Å². The molecule has 2 N–H and O–H groups in total. The Labute approximate surface area is 333 Å². The SMILES string of the molecule is C=C[C@@H]1C[C@]1(NC(=O)[C@@H]1C[C@@H](Oc2cc(-c3ccccn3)nc3cc(OC)ccc23)CN1C(=O)[C@@H](CC(=O)N1CCCCC1)C(C)(C)C)C(=O)NS(=O)(=O)C1CC1. The molecule has 57 heavy (non-hydrogen) atoms. The topological polar surface area (TPSA) is 177 Å². The van der Waals surface area contributed by atoms with Gasteiger partial charge in [-0.2, -0.15) is 0 Å². The quantitative estimate of drug-likeness (QED) is 0.236. The van der Waals surface area contributed by atoms with E-state index in [9.17, 15) is 27.6 Å². The maximum absolute atomic E-state index is 14.9. The van der Waals surface area contributed by atoms with Crippen LogP contribution < -0.4 is 19.5 Å². The van der Waals surface area contributed by atoms with E-state index in [-0.39, 0.29) is 37.6 Å². The van der Waals surface area contributed by atoms with Crippen LogP contribution in [-0.2, 0) is 29.2 Å². The second-order valence-corrected chi connectivity index (χ2v) is 18.8. The first-order valence-corrected chi connectivity index (χ1v) is 21.3. The third-order valence-electron chi connectivity index (χ3n) is 11.7. The first-order valence-electron chi connectivity index (χ1n) is 19.8. The van der Waals surface area contributed by atoms with Crippen LogP contribution in [0.4, 0.5) is 0 Å². The third kappa shape index (κ3) is 8.48. The van der Waals surface area contributed by atoms with E-state index in [1.807, 2.05) is 49.9 Å². The Morgan fingerprint density at radius 1 is 1.05 bits per heavy atom. The van der Waals surface area contributed by atoms with Gasteiger partial charge < -0.3 is 24.6 Å². The van der Waals surface area contributed by atoms with Gasteiger partial charge >= 0.3 is 0 Å². The van der Waals surface area contributed by atoms with E-state index in [1.54, 1.807) is 31.5 Å². The molecule has 4 heterocycles. The Morgan fingerprint density at radius 3 is 2.44 bits per heavy atom. The summed E-state index contributed by atoms with van der Waals surface area (Å²) in [5.41, 5.74) is -0.431. The Kier molecular flexibility index (Phi) is 11.1. The number of amides is 4. The highest BCUT2D eigenvalue weighted by atomic mass is 32.2.